The molecule has 7 heteroatoms. The second-order valence-electron chi connectivity index (χ2n) is 8.30. The number of anilines is 1. The zero-order valence-electron chi connectivity index (χ0n) is 19.0. The summed E-state index contributed by atoms with van der Waals surface area (Å²) in [5, 5.41) is 2.74. The fourth-order valence-electron chi connectivity index (χ4n) is 4.52. The van der Waals surface area contributed by atoms with Gasteiger partial charge in [0.15, 0.2) is 11.5 Å². The van der Waals surface area contributed by atoms with Crippen LogP contribution in [0.4, 0.5) is 14.9 Å². The number of amides is 2. The minimum absolute atomic E-state index is 0.0466. The summed E-state index contributed by atoms with van der Waals surface area (Å²) < 4.78 is 24.7. The molecular formula is C25H30FN3O3. The number of benzene rings is 2. The third-order valence-electron chi connectivity index (χ3n) is 6.28. The van der Waals surface area contributed by atoms with Crippen molar-refractivity contribution in [2.45, 2.75) is 32.0 Å². The topological polar surface area (TPSA) is 54.0 Å². The largest absolute Gasteiger partial charge is 0.493 e. The first-order valence-electron chi connectivity index (χ1n) is 10.9. The fraction of sp³-hybridized carbons (Fsp3) is 0.400. The van der Waals surface area contributed by atoms with E-state index in [9.17, 15) is 9.18 Å². The molecule has 2 aromatic rings. The van der Waals surface area contributed by atoms with E-state index >= 15 is 0 Å². The minimum atomic E-state index is -0.767. The summed E-state index contributed by atoms with van der Waals surface area (Å²) in [5.74, 6) is 1.30. The van der Waals surface area contributed by atoms with Crippen molar-refractivity contribution in [3.05, 3.63) is 59.3 Å². The van der Waals surface area contributed by atoms with Crippen LogP contribution in [0.3, 0.4) is 0 Å². The molecule has 0 radical (unpaired) electrons. The SMILES string of the molecule is CNC(=O)N1C=C(c2ccc(N3CC[C@H](F)C3)cc2)c2cc(OC)c(OC)cc2C[C@H]1C. The van der Waals surface area contributed by atoms with Gasteiger partial charge in [-0.3, -0.25) is 4.90 Å². The number of alkyl halides is 1. The van der Waals surface area contributed by atoms with Crippen LogP contribution in [0.5, 0.6) is 11.5 Å². The summed E-state index contributed by atoms with van der Waals surface area (Å²) in [6.45, 7) is 3.19. The standard InChI is InChI=1S/C25H30FN3O3/c1-16-11-18-12-23(31-3)24(32-4)13-21(18)22(15-29(16)25(30)27-2)17-5-7-20(8-6-17)28-10-9-19(26)14-28/h5-8,12-13,15-16,19H,9-11,14H2,1-4H3,(H,27,30)/t16-,19+/m1/s1. The van der Waals surface area contributed by atoms with E-state index in [-0.39, 0.29) is 12.1 Å². The molecule has 2 aliphatic heterocycles. The number of urea groups is 1. The zero-order chi connectivity index (χ0) is 22.8. The van der Waals surface area contributed by atoms with E-state index in [1.54, 1.807) is 26.2 Å². The number of hydrogen-bond acceptors (Lipinski definition) is 4. The maximum atomic E-state index is 13.6. The molecule has 0 spiro atoms. The Kier molecular flexibility index (Phi) is 6.26. The molecule has 170 valence electrons. The van der Waals surface area contributed by atoms with Gasteiger partial charge in [-0.15, -0.1) is 0 Å². The van der Waals surface area contributed by atoms with E-state index in [0.29, 0.717) is 30.9 Å². The monoisotopic (exact) mass is 439 g/mol. The van der Waals surface area contributed by atoms with Gasteiger partial charge in [0.2, 0.25) is 0 Å². The number of carbonyl (C=O) groups is 1. The average Bonchev–Trinajstić information content (AvgIpc) is 3.19. The first-order chi connectivity index (χ1) is 15.4. The molecule has 2 amide bonds. The Morgan fingerprint density at radius 2 is 1.81 bits per heavy atom. The second-order valence-corrected chi connectivity index (χ2v) is 8.30. The molecule has 2 aromatic carbocycles. The Morgan fingerprint density at radius 1 is 1.12 bits per heavy atom. The van der Waals surface area contributed by atoms with Gasteiger partial charge in [0.05, 0.1) is 14.2 Å². The van der Waals surface area contributed by atoms with Gasteiger partial charge in [-0.1, -0.05) is 12.1 Å². The number of nitrogens with one attached hydrogen (secondary N) is 1. The Labute approximate surface area is 188 Å². The van der Waals surface area contributed by atoms with Gasteiger partial charge in [0, 0.05) is 43.6 Å². The average molecular weight is 440 g/mol. The van der Waals surface area contributed by atoms with E-state index in [1.807, 2.05) is 49.5 Å². The summed E-state index contributed by atoms with van der Waals surface area (Å²) in [4.78, 5) is 16.4. The van der Waals surface area contributed by atoms with Crippen LogP contribution in [-0.2, 0) is 6.42 Å². The molecule has 0 bridgehead atoms. The molecule has 1 saturated heterocycles. The van der Waals surface area contributed by atoms with Crippen LogP contribution in [0, 0.1) is 0 Å². The van der Waals surface area contributed by atoms with Gasteiger partial charge >= 0.3 is 6.03 Å². The Morgan fingerprint density at radius 3 is 2.41 bits per heavy atom. The van der Waals surface area contributed by atoms with Gasteiger partial charge < -0.3 is 19.7 Å². The molecule has 6 nitrogen and oxygen atoms in total. The number of halogens is 1. The van der Waals surface area contributed by atoms with Gasteiger partial charge in [0.1, 0.15) is 6.17 Å². The molecule has 0 aliphatic carbocycles. The predicted octanol–water partition coefficient (Wildman–Crippen LogP) is 4.23. The molecule has 0 saturated carbocycles. The van der Waals surface area contributed by atoms with Crippen molar-refractivity contribution < 1.29 is 18.7 Å². The summed E-state index contributed by atoms with van der Waals surface area (Å²) in [7, 11) is 4.87. The summed E-state index contributed by atoms with van der Waals surface area (Å²) >= 11 is 0. The molecule has 32 heavy (non-hydrogen) atoms. The maximum absolute atomic E-state index is 13.6. The van der Waals surface area contributed by atoms with E-state index in [4.69, 9.17) is 9.47 Å². The molecule has 2 atom stereocenters. The molecule has 1 fully saturated rings. The molecule has 2 heterocycles. The first kappa shape index (κ1) is 22.0. The lowest BCUT2D eigenvalue weighted by Crippen LogP contribution is -2.40. The lowest BCUT2D eigenvalue weighted by molar-refractivity contribution is 0.205. The van der Waals surface area contributed by atoms with Crippen LogP contribution in [-0.4, -0.2) is 57.5 Å². The molecule has 0 unspecified atom stereocenters. The number of ether oxygens (including phenoxy) is 2. The molecule has 2 aliphatic rings. The van der Waals surface area contributed by atoms with Crippen molar-refractivity contribution in [2.75, 3.05) is 39.3 Å². The summed E-state index contributed by atoms with van der Waals surface area (Å²) in [6, 6.07) is 11.9. The summed E-state index contributed by atoms with van der Waals surface area (Å²) in [5.41, 5.74) is 4.98. The Bertz CT molecular complexity index is 1020. The van der Waals surface area contributed by atoms with Crippen LogP contribution in [0.2, 0.25) is 0 Å². The number of hydrogen-bond donors (Lipinski definition) is 1. The minimum Gasteiger partial charge on any atom is -0.493 e. The lowest BCUT2D eigenvalue weighted by Gasteiger charge is -2.24. The Hall–Kier alpha value is -3.22. The lowest BCUT2D eigenvalue weighted by atomic mass is 9.92. The normalized spacial score (nSPS) is 20.3. The van der Waals surface area contributed by atoms with Crippen molar-refractivity contribution in [3.63, 3.8) is 0 Å². The highest BCUT2D eigenvalue weighted by Crippen LogP contribution is 2.39. The number of nitrogens with zero attached hydrogens (tertiary/aromatic N) is 2. The van der Waals surface area contributed by atoms with Gasteiger partial charge in [-0.05, 0) is 60.7 Å². The predicted molar refractivity (Wildman–Crippen MR) is 124 cm³/mol. The van der Waals surface area contributed by atoms with Gasteiger partial charge in [-0.25, -0.2) is 9.18 Å². The van der Waals surface area contributed by atoms with E-state index < -0.39 is 6.17 Å². The number of methoxy groups -OCH3 is 2. The van der Waals surface area contributed by atoms with Crippen LogP contribution in [0.15, 0.2) is 42.6 Å². The first-order valence-corrected chi connectivity index (χ1v) is 10.9. The third kappa shape index (κ3) is 4.11. The quantitative estimate of drug-likeness (QED) is 0.775. The Balaban J connectivity index is 1.80. The van der Waals surface area contributed by atoms with Crippen LogP contribution in [0.25, 0.3) is 5.57 Å². The highest BCUT2D eigenvalue weighted by atomic mass is 19.1. The molecule has 0 aromatic heterocycles. The smallest absolute Gasteiger partial charge is 0.321 e. The number of carbonyl (C=O) groups excluding carboxylic acids is 1. The molecule has 4 rings (SSSR count). The second kappa shape index (κ2) is 9.10. The van der Waals surface area contributed by atoms with Crippen molar-refractivity contribution >= 4 is 17.3 Å². The van der Waals surface area contributed by atoms with Crippen LogP contribution >= 0.6 is 0 Å². The van der Waals surface area contributed by atoms with E-state index in [1.165, 1.54) is 0 Å². The molecule has 1 N–H and O–H groups in total. The highest BCUT2D eigenvalue weighted by Gasteiger charge is 2.27. The molecular weight excluding hydrogens is 409 g/mol. The van der Waals surface area contributed by atoms with Crippen molar-refractivity contribution in [1.29, 1.82) is 0 Å². The van der Waals surface area contributed by atoms with Crippen LogP contribution < -0.4 is 19.7 Å². The van der Waals surface area contributed by atoms with Crippen LogP contribution in [0.1, 0.15) is 30.0 Å². The number of fused-ring (bicyclic) bond motifs is 1. The van der Waals surface area contributed by atoms with E-state index in [0.717, 1.165) is 34.5 Å². The third-order valence-corrected chi connectivity index (χ3v) is 6.28. The van der Waals surface area contributed by atoms with Crippen molar-refractivity contribution in [2.24, 2.45) is 0 Å². The summed E-state index contributed by atoms with van der Waals surface area (Å²) in [6.07, 6.45) is 2.38. The zero-order valence-corrected chi connectivity index (χ0v) is 19.0. The van der Waals surface area contributed by atoms with E-state index in [2.05, 4.69) is 10.2 Å². The van der Waals surface area contributed by atoms with Crippen molar-refractivity contribution in [3.8, 4) is 11.5 Å². The van der Waals surface area contributed by atoms with Gasteiger partial charge in [0.25, 0.3) is 0 Å². The highest BCUT2D eigenvalue weighted by molar-refractivity contribution is 5.87. The fourth-order valence-corrected chi connectivity index (χ4v) is 4.52. The number of rotatable bonds is 4. The van der Waals surface area contributed by atoms with Crippen molar-refractivity contribution in [1.82, 2.24) is 10.2 Å². The van der Waals surface area contributed by atoms with Gasteiger partial charge in [-0.2, -0.15) is 0 Å². The maximum Gasteiger partial charge on any atom is 0.321 e.